The summed E-state index contributed by atoms with van der Waals surface area (Å²) < 4.78 is 0. The molecule has 4 N–H and O–H groups in total. The van der Waals surface area contributed by atoms with Crippen molar-refractivity contribution in [1.29, 1.82) is 0 Å². The maximum atomic E-state index is 10.9. The summed E-state index contributed by atoms with van der Waals surface area (Å²) in [6.07, 6.45) is 2.68. The van der Waals surface area contributed by atoms with Crippen LogP contribution in [0.15, 0.2) is 0 Å². The highest BCUT2D eigenvalue weighted by Gasteiger charge is 2.45. The zero-order valence-corrected chi connectivity index (χ0v) is 9.84. The summed E-state index contributed by atoms with van der Waals surface area (Å²) in [4.78, 5) is 10.9. The Morgan fingerprint density at radius 2 is 2.13 bits per heavy atom. The third kappa shape index (κ3) is 2.62. The first-order valence-corrected chi connectivity index (χ1v) is 5.53. The molecule has 0 spiro atoms. The number of carboxylic acid groups (broad SMARTS) is 1. The van der Waals surface area contributed by atoms with Gasteiger partial charge in [0.1, 0.15) is 0 Å². The summed E-state index contributed by atoms with van der Waals surface area (Å²) in [5.41, 5.74) is 5.49. The molecule has 1 rings (SSSR count). The summed E-state index contributed by atoms with van der Waals surface area (Å²) in [6.45, 7) is 6.21. The Kier molecular flexibility index (Phi) is 3.28. The van der Waals surface area contributed by atoms with E-state index in [9.17, 15) is 4.79 Å². The van der Waals surface area contributed by atoms with Crippen molar-refractivity contribution in [3.63, 3.8) is 0 Å². The lowest BCUT2D eigenvalue weighted by Gasteiger charge is -2.49. The molecule has 1 aliphatic carbocycles. The zero-order valence-electron chi connectivity index (χ0n) is 9.84. The quantitative estimate of drug-likeness (QED) is 0.624. The van der Waals surface area contributed by atoms with Crippen LogP contribution in [0.2, 0.25) is 0 Å². The van der Waals surface area contributed by atoms with E-state index < -0.39 is 6.09 Å². The van der Waals surface area contributed by atoms with Gasteiger partial charge in [-0.15, -0.1) is 0 Å². The molecule has 0 aliphatic heterocycles. The topological polar surface area (TPSA) is 75.3 Å². The van der Waals surface area contributed by atoms with Crippen LogP contribution in [0.25, 0.3) is 0 Å². The molecular formula is C11H22N2O2. The first kappa shape index (κ1) is 12.3. The fraction of sp³-hybridized carbons (Fsp3) is 0.909. The van der Waals surface area contributed by atoms with E-state index in [1.54, 1.807) is 0 Å². The molecule has 0 heterocycles. The van der Waals surface area contributed by atoms with Crippen LogP contribution >= 0.6 is 0 Å². The van der Waals surface area contributed by atoms with E-state index >= 15 is 0 Å². The maximum absolute atomic E-state index is 10.9. The van der Waals surface area contributed by atoms with E-state index in [1.807, 2.05) is 0 Å². The number of nitrogens with one attached hydrogen (secondary N) is 1. The number of rotatable bonds is 1. The number of nitrogens with two attached hydrogens (primary N) is 1. The van der Waals surface area contributed by atoms with E-state index in [-0.39, 0.29) is 17.0 Å². The first-order valence-electron chi connectivity index (χ1n) is 5.53. The predicted octanol–water partition coefficient (Wildman–Crippen LogP) is 1.94. The lowest BCUT2D eigenvalue weighted by molar-refractivity contribution is 0.0763. The highest BCUT2D eigenvalue weighted by Crippen LogP contribution is 2.41. The summed E-state index contributed by atoms with van der Waals surface area (Å²) >= 11 is 0. The minimum atomic E-state index is -0.945. The third-order valence-corrected chi connectivity index (χ3v) is 3.57. The van der Waals surface area contributed by atoms with Gasteiger partial charge in [-0.2, -0.15) is 0 Å². The molecule has 15 heavy (non-hydrogen) atoms. The summed E-state index contributed by atoms with van der Waals surface area (Å²) in [6, 6.07) is 0.116. The Labute approximate surface area is 91.2 Å². The van der Waals surface area contributed by atoms with Crippen molar-refractivity contribution in [2.24, 2.45) is 11.1 Å². The Morgan fingerprint density at radius 1 is 1.53 bits per heavy atom. The smallest absolute Gasteiger partial charge is 0.405 e. The van der Waals surface area contributed by atoms with Crippen LogP contribution in [0.4, 0.5) is 4.79 Å². The van der Waals surface area contributed by atoms with Crippen LogP contribution in [0, 0.1) is 5.41 Å². The molecule has 0 aromatic rings. The van der Waals surface area contributed by atoms with Crippen molar-refractivity contribution >= 4 is 6.09 Å². The molecule has 4 nitrogen and oxygen atoms in total. The molecule has 0 aromatic carbocycles. The van der Waals surface area contributed by atoms with E-state index in [1.165, 1.54) is 0 Å². The minimum Gasteiger partial charge on any atom is -0.465 e. The highest BCUT2D eigenvalue weighted by atomic mass is 16.4. The second-order valence-electron chi connectivity index (χ2n) is 5.62. The Hall–Kier alpha value is -0.770. The second-order valence-corrected chi connectivity index (χ2v) is 5.62. The van der Waals surface area contributed by atoms with Crippen LogP contribution in [0.5, 0.6) is 0 Å². The Balaban J connectivity index is 2.90. The predicted molar refractivity (Wildman–Crippen MR) is 59.8 cm³/mol. The molecule has 4 heteroatoms. The van der Waals surface area contributed by atoms with Gasteiger partial charge in [0.05, 0.1) is 0 Å². The third-order valence-electron chi connectivity index (χ3n) is 3.57. The van der Waals surface area contributed by atoms with Gasteiger partial charge in [-0.3, -0.25) is 0 Å². The molecule has 1 saturated carbocycles. The minimum absolute atomic E-state index is 0.0938. The normalized spacial score (nSPS) is 32.4. The molecule has 0 bridgehead atoms. The van der Waals surface area contributed by atoms with Crippen LogP contribution in [0.1, 0.15) is 46.5 Å². The first-order chi connectivity index (χ1) is 6.77. The number of hydrogen-bond acceptors (Lipinski definition) is 2. The van der Waals surface area contributed by atoms with Crippen molar-refractivity contribution in [2.75, 3.05) is 0 Å². The highest BCUT2D eigenvalue weighted by molar-refractivity contribution is 5.66. The molecular weight excluding hydrogens is 192 g/mol. The fourth-order valence-electron chi connectivity index (χ4n) is 2.50. The van der Waals surface area contributed by atoms with Gasteiger partial charge in [0.15, 0.2) is 0 Å². The van der Waals surface area contributed by atoms with Crippen LogP contribution in [-0.4, -0.2) is 22.8 Å². The van der Waals surface area contributed by atoms with Gasteiger partial charge >= 0.3 is 6.09 Å². The SMILES string of the molecule is CC(C)(C)C1(NC(=O)O)CCCC(N)C1. The van der Waals surface area contributed by atoms with Gasteiger partial charge in [-0.25, -0.2) is 4.79 Å². The summed E-state index contributed by atoms with van der Waals surface area (Å²) in [7, 11) is 0. The average Bonchev–Trinajstić information content (AvgIpc) is 2.00. The Bertz CT molecular complexity index is 247. The van der Waals surface area contributed by atoms with E-state index in [4.69, 9.17) is 10.8 Å². The van der Waals surface area contributed by atoms with Gasteiger partial charge in [0, 0.05) is 11.6 Å². The molecule has 2 unspecified atom stereocenters. The maximum Gasteiger partial charge on any atom is 0.405 e. The number of carbonyl (C=O) groups is 1. The van der Waals surface area contributed by atoms with E-state index in [0.717, 1.165) is 25.7 Å². The molecule has 1 amide bonds. The molecule has 88 valence electrons. The molecule has 1 aliphatic rings. The van der Waals surface area contributed by atoms with Gasteiger partial charge in [-0.1, -0.05) is 20.8 Å². The molecule has 0 saturated heterocycles. The summed E-state index contributed by atoms with van der Waals surface area (Å²) in [5.74, 6) is 0. The molecule has 1 fully saturated rings. The van der Waals surface area contributed by atoms with Crippen LogP contribution in [-0.2, 0) is 0 Å². The van der Waals surface area contributed by atoms with Gasteiger partial charge in [0.2, 0.25) is 0 Å². The zero-order chi connectivity index (χ0) is 11.7. The monoisotopic (exact) mass is 214 g/mol. The van der Waals surface area contributed by atoms with Crippen molar-refractivity contribution in [3.8, 4) is 0 Å². The van der Waals surface area contributed by atoms with E-state index in [0.29, 0.717) is 0 Å². The fourth-order valence-corrected chi connectivity index (χ4v) is 2.50. The summed E-state index contributed by atoms with van der Waals surface area (Å²) in [5, 5.41) is 11.6. The van der Waals surface area contributed by atoms with Crippen LogP contribution < -0.4 is 11.1 Å². The van der Waals surface area contributed by atoms with Crippen LogP contribution in [0.3, 0.4) is 0 Å². The van der Waals surface area contributed by atoms with Gasteiger partial charge in [0.25, 0.3) is 0 Å². The van der Waals surface area contributed by atoms with Crippen molar-refractivity contribution in [1.82, 2.24) is 5.32 Å². The molecule has 0 radical (unpaired) electrons. The number of amides is 1. The van der Waals surface area contributed by atoms with Crippen molar-refractivity contribution in [3.05, 3.63) is 0 Å². The standard InChI is InChI=1S/C11H22N2O2/c1-10(2,3)11(13-9(14)15)6-4-5-8(12)7-11/h8,13H,4-7,12H2,1-3H3,(H,14,15). The average molecular weight is 214 g/mol. The lowest BCUT2D eigenvalue weighted by atomic mass is 9.64. The lowest BCUT2D eigenvalue weighted by Crippen LogP contribution is -2.60. The molecule has 2 atom stereocenters. The number of hydrogen-bond donors (Lipinski definition) is 3. The molecule has 0 aromatic heterocycles. The van der Waals surface area contributed by atoms with Crippen molar-refractivity contribution in [2.45, 2.75) is 58.0 Å². The largest absolute Gasteiger partial charge is 0.465 e. The second kappa shape index (κ2) is 4.00. The van der Waals surface area contributed by atoms with Crippen molar-refractivity contribution < 1.29 is 9.90 Å². The van der Waals surface area contributed by atoms with Gasteiger partial charge < -0.3 is 16.2 Å². The Morgan fingerprint density at radius 3 is 2.53 bits per heavy atom. The van der Waals surface area contributed by atoms with Gasteiger partial charge in [-0.05, 0) is 31.1 Å². The van der Waals surface area contributed by atoms with E-state index in [2.05, 4.69) is 26.1 Å².